The Bertz CT molecular complexity index is 491. The Hall–Kier alpha value is -0.790. The SMILES string of the molecule is CCCCCCCCCCCCCCCn1cc[n+](CCC)c1CCCCCCCC. The molecule has 0 radical (unpaired) electrons. The molecule has 2 nitrogen and oxygen atoms in total. The first-order valence-corrected chi connectivity index (χ1v) is 14.4. The Labute approximate surface area is 196 Å². The number of imidazole rings is 1. The first-order chi connectivity index (χ1) is 15.3. The second-order valence-electron chi connectivity index (χ2n) is 9.86. The lowest BCUT2D eigenvalue weighted by molar-refractivity contribution is -0.703. The molecule has 0 bridgehead atoms. The van der Waals surface area contributed by atoms with E-state index in [9.17, 15) is 0 Å². The molecule has 0 N–H and O–H groups in total. The summed E-state index contributed by atoms with van der Waals surface area (Å²) >= 11 is 0. The first kappa shape index (κ1) is 28.2. The molecule has 0 aromatic carbocycles. The Morgan fingerprint density at radius 1 is 0.548 bits per heavy atom. The van der Waals surface area contributed by atoms with Gasteiger partial charge >= 0.3 is 0 Å². The van der Waals surface area contributed by atoms with Gasteiger partial charge in [0, 0.05) is 6.42 Å². The van der Waals surface area contributed by atoms with Crippen molar-refractivity contribution in [1.29, 1.82) is 0 Å². The molecule has 1 aromatic heterocycles. The smallest absolute Gasteiger partial charge is 0.234 e. The van der Waals surface area contributed by atoms with Gasteiger partial charge in [0.1, 0.15) is 12.4 Å². The summed E-state index contributed by atoms with van der Waals surface area (Å²) in [5.74, 6) is 1.58. The highest BCUT2D eigenvalue weighted by Crippen LogP contribution is 2.14. The monoisotopic (exact) mass is 433 g/mol. The molecular weight excluding hydrogens is 376 g/mol. The Kier molecular flexibility index (Phi) is 19.2. The Morgan fingerprint density at radius 2 is 1.00 bits per heavy atom. The summed E-state index contributed by atoms with van der Waals surface area (Å²) < 4.78 is 5.09. The second kappa shape index (κ2) is 21.1. The lowest BCUT2D eigenvalue weighted by atomic mass is 10.0. The van der Waals surface area contributed by atoms with Gasteiger partial charge in [-0.15, -0.1) is 0 Å². The molecule has 0 atom stereocenters. The van der Waals surface area contributed by atoms with Crippen molar-refractivity contribution < 1.29 is 4.57 Å². The van der Waals surface area contributed by atoms with E-state index in [1.54, 1.807) is 5.82 Å². The third-order valence-electron chi connectivity index (χ3n) is 6.81. The third-order valence-corrected chi connectivity index (χ3v) is 6.81. The van der Waals surface area contributed by atoms with E-state index in [0.717, 1.165) is 0 Å². The molecule has 0 saturated heterocycles. The van der Waals surface area contributed by atoms with Crippen LogP contribution in [0.2, 0.25) is 0 Å². The predicted molar refractivity (Wildman–Crippen MR) is 138 cm³/mol. The van der Waals surface area contributed by atoms with Gasteiger partial charge < -0.3 is 0 Å². The summed E-state index contributed by atoms with van der Waals surface area (Å²) in [4.78, 5) is 0. The van der Waals surface area contributed by atoms with E-state index in [1.807, 2.05) is 0 Å². The normalized spacial score (nSPS) is 11.5. The van der Waals surface area contributed by atoms with Crippen molar-refractivity contribution in [2.45, 2.75) is 169 Å². The molecule has 1 heterocycles. The highest BCUT2D eigenvalue weighted by molar-refractivity contribution is 4.84. The van der Waals surface area contributed by atoms with Crippen LogP contribution in [0.4, 0.5) is 0 Å². The zero-order valence-electron chi connectivity index (χ0n) is 21.8. The fraction of sp³-hybridized carbons (Fsp3) is 0.897. The molecule has 0 amide bonds. The zero-order chi connectivity index (χ0) is 22.4. The number of aromatic nitrogens is 2. The molecule has 0 fully saturated rings. The van der Waals surface area contributed by atoms with Crippen LogP contribution in [0.3, 0.4) is 0 Å². The van der Waals surface area contributed by atoms with Crippen LogP contribution in [-0.4, -0.2) is 4.57 Å². The number of hydrogen-bond acceptors (Lipinski definition) is 0. The maximum Gasteiger partial charge on any atom is 0.256 e. The number of nitrogens with zero attached hydrogens (tertiary/aromatic N) is 2. The summed E-state index contributed by atoms with van der Waals surface area (Å²) in [5, 5.41) is 0. The molecule has 0 saturated carbocycles. The van der Waals surface area contributed by atoms with Crippen molar-refractivity contribution in [3.63, 3.8) is 0 Å². The van der Waals surface area contributed by atoms with Crippen LogP contribution in [0.1, 0.15) is 155 Å². The van der Waals surface area contributed by atoms with Gasteiger partial charge in [0.05, 0.1) is 13.1 Å². The molecule has 0 spiro atoms. The van der Waals surface area contributed by atoms with Crippen molar-refractivity contribution in [2.24, 2.45) is 0 Å². The van der Waals surface area contributed by atoms with Gasteiger partial charge in [0.25, 0.3) is 5.82 Å². The second-order valence-corrected chi connectivity index (χ2v) is 9.86. The van der Waals surface area contributed by atoms with Crippen LogP contribution in [-0.2, 0) is 19.5 Å². The van der Waals surface area contributed by atoms with E-state index in [-0.39, 0.29) is 0 Å². The van der Waals surface area contributed by atoms with Gasteiger partial charge in [-0.1, -0.05) is 124 Å². The third kappa shape index (κ3) is 14.8. The predicted octanol–water partition coefficient (Wildman–Crippen LogP) is 9.18. The summed E-state index contributed by atoms with van der Waals surface area (Å²) in [6.45, 7) is 9.30. The minimum Gasteiger partial charge on any atom is -0.234 e. The molecule has 1 rings (SSSR count). The molecule has 31 heavy (non-hydrogen) atoms. The van der Waals surface area contributed by atoms with E-state index in [1.165, 1.54) is 148 Å². The van der Waals surface area contributed by atoms with Crippen LogP contribution in [0, 0.1) is 0 Å². The van der Waals surface area contributed by atoms with E-state index in [2.05, 4.69) is 42.3 Å². The van der Waals surface area contributed by atoms with Crippen molar-refractivity contribution in [1.82, 2.24) is 4.57 Å². The van der Waals surface area contributed by atoms with Gasteiger partial charge in [-0.05, 0) is 25.7 Å². The molecule has 1 aromatic rings. The largest absolute Gasteiger partial charge is 0.256 e. The number of hydrogen-bond donors (Lipinski definition) is 0. The molecule has 0 aliphatic carbocycles. The van der Waals surface area contributed by atoms with Crippen LogP contribution >= 0.6 is 0 Å². The van der Waals surface area contributed by atoms with Gasteiger partial charge in [-0.3, -0.25) is 0 Å². The molecule has 0 aliphatic rings. The standard InChI is InChI=1S/C29H57N2/c1-4-7-9-11-13-14-15-16-17-18-19-21-23-26-31-28-27-30(25-6-3)29(31)24-22-20-12-10-8-5-2/h27-28H,4-26H2,1-3H3/q+1. The average Bonchev–Trinajstić information content (AvgIpc) is 3.15. The topological polar surface area (TPSA) is 8.81 Å². The lowest BCUT2D eigenvalue weighted by Gasteiger charge is -2.06. The fourth-order valence-electron chi connectivity index (χ4n) is 4.80. The van der Waals surface area contributed by atoms with Crippen molar-refractivity contribution in [3.05, 3.63) is 18.2 Å². The minimum absolute atomic E-state index is 1.18. The summed E-state index contributed by atoms with van der Waals surface area (Å²) in [7, 11) is 0. The molecule has 182 valence electrons. The number of rotatable bonds is 23. The van der Waals surface area contributed by atoms with Gasteiger partial charge in [-0.25, -0.2) is 9.13 Å². The summed E-state index contributed by atoms with van der Waals surface area (Å²) in [6, 6.07) is 0. The Balaban J connectivity index is 2.12. The van der Waals surface area contributed by atoms with Gasteiger partial charge in [-0.2, -0.15) is 0 Å². The van der Waals surface area contributed by atoms with E-state index in [4.69, 9.17) is 0 Å². The number of aryl methyl sites for hydroxylation is 2. The summed E-state index contributed by atoms with van der Waals surface area (Å²) in [5.41, 5.74) is 0. The average molecular weight is 434 g/mol. The van der Waals surface area contributed by atoms with Crippen LogP contribution in [0.5, 0.6) is 0 Å². The summed E-state index contributed by atoms with van der Waals surface area (Å²) in [6.07, 6.45) is 34.2. The zero-order valence-corrected chi connectivity index (χ0v) is 21.8. The molecule has 0 aliphatic heterocycles. The highest BCUT2D eigenvalue weighted by Gasteiger charge is 2.15. The molecule has 2 heteroatoms. The molecule has 0 unspecified atom stereocenters. The maximum absolute atomic E-state index is 2.57. The van der Waals surface area contributed by atoms with Crippen LogP contribution < -0.4 is 4.57 Å². The fourth-order valence-corrected chi connectivity index (χ4v) is 4.80. The lowest BCUT2D eigenvalue weighted by Crippen LogP contribution is -2.37. The maximum atomic E-state index is 2.57. The quantitative estimate of drug-likeness (QED) is 0.120. The highest BCUT2D eigenvalue weighted by atomic mass is 15.1. The van der Waals surface area contributed by atoms with Crippen molar-refractivity contribution >= 4 is 0 Å². The molecular formula is C29H57N2+. The van der Waals surface area contributed by atoms with E-state index < -0.39 is 0 Å². The van der Waals surface area contributed by atoms with E-state index in [0.29, 0.717) is 0 Å². The van der Waals surface area contributed by atoms with Crippen LogP contribution in [0.15, 0.2) is 12.4 Å². The van der Waals surface area contributed by atoms with Crippen molar-refractivity contribution in [2.75, 3.05) is 0 Å². The van der Waals surface area contributed by atoms with Gasteiger partial charge in [0.2, 0.25) is 0 Å². The van der Waals surface area contributed by atoms with E-state index >= 15 is 0 Å². The van der Waals surface area contributed by atoms with Gasteiger partial charge in [0.15, 0.2) is 0 Å². The van der Waals surface area contributed by atoms with Crippen molar-refractivity contribution in [3.8, 4) is 0 Å². The number of unbranched alkanes of at least 4 members (excludes halogenated alkanes) is 17. The van der Waals surface area contributed by atoms with Crippen LogP contribution in [0.25, 0.3) is 0 Å². The Morgan fingerprint density at radius 3 is 1.48 bits per heavy atom. The first-order valence-electron chi connectivity index (χ1n) is 14.4. The minimum atomic E-state index is 1.18.